The van der Waals surface area contributed by atoms with Crippen LogP contribution in [0.4, 0.5) is 0 Å². The predicted molar refractivity (Wildman–Crippen MR) is 85.9 cm³/mol. The van der Waals surface area contributed by atoms with Crippen molar-refractivity contribution in [3.05, 3.63) is 23.5 Å². The van der Waals surface area contributed by atoms with E-state index < -0.39 is 23.4 Å². The summed E-state index contributed by atoms with van der Waals surface area (Å²) in [5.74, 6) is -0.591. The highest BCUT2D eigenvalue weighted by molar-refractivity contribution is 6.07. The summed E-state index contributed by atoms with van der Waals surface area (Å²) < 4.78 is 11.0. The van der Waals surface area contributed by atoms with E-state index in [1.54, 1.807) is 6.08 Å². The van der Waals surface area contributed by atoms with Gasteiger partial charge in [0.15, 0.2) is 11.4 Å². The van der Waals surface area contributed by atoms with E-state index in [2.05, 4.69) is 5.16 Å². The van der Waals surface area contributed by atoms with Gasteiger partial charge in [-0.15, -0.1) is 0 Å². The first-order valence-electron chi connectivity index (χ1n) is 8.33. The molecule has 0 aromatic carbocycles. The summed E-state index contributed by atoms with van der Waals surface area (Å²) in [4.78, 5) is 14.9. The molecule has 132 valence electrons. The fourth-order valence-electron chi connectivity index (χ4n) is 3.66. The highest BCUT2D eigenvalue weighted by Gasteiger charge is 2.60. The van der Waals surface area contributed by atoms with Crippen molar-refractivity contribution in [2.24, 2.45) is 5.92 Å². The van der Waals surface area contributed by atoms with Crippen LogP contribution in [0.5, 0.6) is 5.88 Å². The number of allylic oxidation sites excluding steroid dienone is 1. The number of carbonyl (C=O) groups excluding carboxylic acids is 1. The van der Waals surface area contributed by atoms with E-state index in [0.717, 1.165) is 12.8 Å². The summed E-state index contributed by atoms with van der Waals surface area (Å²) >= 11 is 0. The molecule has 7 heteroatoms. The highest BCUT2D eigenvalue weighted by atomic mass is 16.5. The number of hydrogen-bond acceptors (Lipinski definition) is 7. The van der Waals surface area contributed by atoms with Gasteiger partial charge in [-0.2, -0.15) is 0 Å². The average Bonchev–Trinajstić information content (AvgIpc) is 2.94. The third-order valence-electron chi connectivity index (χ3n) is 4.95. The summed E-state index contributed by atoms with van der Waals surface area (Å²) in [5, 5.41) is 25.3. The first-order chi connectivity index (χ1) is 11.4. The zero-order chi connectivity index (χ0) is 17.5. The van der Waals surface area contributed by atoms with Gasteiger partial charge >= 0.3 is 0 Å². The lowest BCUT2D eigenvalue weighted by Gasteiger charge is -2.47. The number of ether oxygens (including phenoxy) is 1. The minimum Gasteiger partial charge on any atom is -0.475 e. The molecule has 0 radical (unpaired) electrons. The molecule has 1 aromatic heterocycles. The minimum absolute atomic E-state index is 0.101. The van der Waals surface area contributed by atoms with Crippen LogP contribution in [0.1, 0.15) is 48.3 Å². The Labute approximate surface area is 140 Å². The quantitative estimate of drug-likeness (QED) is 0.618. The van der Waals surface area contributed by atoms with E-state index in [1.165, 1.54) is 6.08 Å². The molecule has 0 aliphatic heterocycles. The van der Waals surface area contributed by atoms with Crippen molar-refractivity contribution in [1.82, 2.24) is 10.1 Å². The molecule has 0 saturated carbocycles. The Morgan fingerprint density at radius 2 is 2.25 bits per heavy atom. The van der Waals surface area contributed by atoms with Gasteiger partial charge in [0.2, 0.25) is 5.78 Å². The standard InChI is InChI=1S/C17H24N2O5/c1-4-5-9-23-16-12-14(24-18-16)13(19(2)3)10-7-6-8-11(20)17(10,22)15(12)21/h6,8,10-11,13,20,22H,4-5,7,9H2,1-3H3/t10-,11+,13-,17-/m0/s1. The average molecular weight is 336 g/mol. The Morgan fingerprint density at radius 1 is 1.50 bits per heavy atom. The molecule has 0 spiro atoms. The second-order valence-corrected chi connectivity index (χ2v) is 6.71. The van der Waals surface area contributed by atoms with E-state index in [0.29, 0.717) is 18.8 Å². The van der Waals surface area contributed by atoms with Crippen LogP contribution in [0, 0.1) is 5.92 Å². The van der Waals surface area contributed by atoms with Crippen molar-refractivity contribution in [2.45, 2.75) is 43.9 Å². The summed E-state index contributed by atoms with van der Waals surface area (Å²) in [6.45, 7) is 2.45. The second-order valence-electron chi connectivity index (χ2n) is 6.71. The van der Waals surface area contributed by atoms with Crippen LogP contribution < -0.4 is 4.74 Å². The highest BCUT2D eigenvalue weighted by Crippen LogP contribution is 2.50. The van der Waals surface area contributed by atoms with Gasteiger partial charge in [-0.3, -0.25) is 9.69 Å². The van der Waals surface area contributed by atoms with E-state index in [9.17, 15) is 15.0 Å². The maximum Gasteiger partial charge on any atom is 0.265 e. The van der Waals surface area contributed by atoms with Crippen molar-refractivity contribution in [2.75, 3.05) is 20.7 Å². The van der Waals surface area contributed by atoms with Crippen LogP contribution in [0.25, 0.3) is 0 Å². The molecule has 4 atom stereocenters. The smallest absolute Gasteiger partial charge is 0.265 e. The van der Waals surface area contributed by atoms with Crippen LogP contribution in [-0.2, 0) is 0 Å². The molecule has 1 aromatic rings. The van der Waals surface area contributed by atoms with Gasteiger partial charge in [-0.1, -0.05) is 25.5 Å². The molecular weight excluding hydrogens is 312 g/mol. The van der Waals surface area contributed by atoms with Gasteiger partial charge < -0.3 is 19.5 Å². The Morgan fingerprint density at radius 3 is 2.92 bits per heavy atom. The van der Waals surface area contributed by atoms with Crippen LogP contribution in [0.15, 0.2) is 16.7 Å². The number of rotatable bonds is 5. The molecule has 2 N–H and O–H groups in total. The zero-order valence-electron chi connectivity index (χ0n) is 14.2. The molecule has 7 nitrogen and oxygen atoms in total. The molecule has 0 saturated heterocycles. The number of fused-ring (bicyclic) bond motifs is 2. The van der Waals surface area contributed by atoms with Gasteiger partial charge in [-0.25, -0.2) is 0 Å². The van der Waals surface area contributed by atoms with Crippen LogP contribution in [0.2, 0.25) is 0 Å². The van der Waals surface area contributed by atoms with Crippen LogP contribution >= 0.6 is 0 Å². The lowest BCUT2D eigenvalue weighted by atomic mass is 9.64. The van der Waals surface area contributed by atoms with Gasteiger partial charge in [-0.05, 0) is 32.1 Å². The molecular formula is C17H24N2O5. The number of hydrogen-bond donors (Lipinski definition) is 2. The van der Waals surface area contributed by atoms with Crippen molar-refractivity contribution < 1.29 is 24.3 Å². The predicted octanol–water partition coefficient (Wildman–Crippen LogP) is 1.32. The third-order valence-corrected chi connectivity index (χ3v) is 4.95. The van der Waals surface area contributed by atoms with Gasteiger partial charge in [0.05, 0.1) is 12.6 Å². The lowest BCUT2D eigenvalue weighted by molar-refractivity contribution is -0.0974. The number of aliphatic hydroxyl groups is 2. The summed E-state index contributed by atoms with van der Waals surface area (Å²) in [6.07, 6.45) is 4.23. The molecule has 2 aliphatic carbocycles. The molecule has 0 unspecified atom stereocenters. The van der Waals surface area contributed by atoms with Gasteiger partial charge in [0.1, 0.15) is 11.7 Å². The number of nitrogens with zero attached hydrogens (tertiary/aromatic N) is 2. The number of aromatic nitrogens is 1. The van der Waals surface area contributed by atoms with Crippen molar-refractivity contribution in [1.29, 1.82) is 0 Å². The number of Topliss-reactive ketones (excluding diaryl/α,β-unsaturated/α-hetero) is 1. The zero-order valence-corrected chi connectivity index (χ0v) is 14.2. The largest absolute Gasteiger partial charge is 0.475 e. The second kappa shape index (κ2) is 6.31. The summed E-state index contributed by atoms with van der Waals surface area (Å²) in [5.41, 5.74) is -1.75. The first kappa shape index (κ1) is 17.1. The molecule has 1 heterocycles. The van der Waals surface area contributed by atoms with E-state index in [1.807, 2.05) is 25.9 Å². The van der Waals surface area contributed by atoms with Crippen molar-refractivity contribution in [3.63, 3.8) is 0 Å². The molecule has 0 amide bonds. The summed E-state index contributed by atoms with van der Waals surface area (Å²) in [6, 6.07) is -0.377. The number of unbranched alkanes of at least 4 members (excludes halogenated alkanes) is 1. The maximum absolute atomic E-state index is 13.0. The molecule has 0 bridgehead atoms. The fourth-order valence-corrected chi connectivity index (χ4v) is 3.66. The lowest BCUT2D eigenvalue weighted by Crippen LogP contribution is -2.61. The van der Waals surface area contributed by atoms with Gasteiger partial charge in [0, 0.05) is 5.92 Å². The Kier molecular flexibility index (Phi) is 4.50. The molecule has 24 heavy (non-hydrogen) atoms. The van der Waals surface area contributed by atoms with E-state index in [4.69, 9.17) is 9.26 Å². The van der Waals surface area contributed by atoms with E-state index in [-0.39, 0.29) is 17.5 Å². The Balaban J connectivity index is 2.08. The maximum atomic E-state index is 13.0. The summed E-state index contributed by atoms with van der Waals surface area (Å²) in [7, 11) is 3.69. The SMILES string of the molecule is CCCCOc1noc2c1C(=O)[C@@]1(O)[C@H](O)C=CC[C@H]1[C@@H]2N(C)C. The number of carbonyl (C=O) groups is 1. The topological polar surface area (TPSA) is 96.0 Å². The van der Waals surface area contributed by atoms with Crippen LogP contribution in [0.3, 0.4) is 0 Å². The minimum atomic E-state index is -1.90. The Hall–Kier alpha value is -1.70. The normalized spacial score (nSPS) is 31.9. The van der Waals surface area contributed by atoms with Crippen molar-refractivity contribution in [3.8, 4) is 5.88 Å². The first-order valence-corrected chi connectivity index (χ1v) is 8.33. The number of aliphatic hydroxyl groups excluding tert-OH is 1. The van der Waals surface area contributed by atoms with Gasteiger partial charge in [0.25, 0.3) is 5.88 Å². The fraction of sp³-hybridized carbons (Fsp3) is 0.647. The molecule has 0 fully saturated rings. The van der Waals surface area contributed by atoms with Crippen molar-refractivity contribution >= 4 is 5.78 Å². The third kappa shape index (κ3) is 2.39. The molecule has 3 rings (SSSR count). The Bertz CT molecular complexity index is 653. The number of ketones is 1. The monoisotopic (exact) mass is 336 g/mol. The van der Waals surface area contributed by atoms with Crippen LogP contribution in [-0.4, -0.2) is 58.5 Å². The van der Waals surface area contributed by atoms with E-state index >= 15 is 0 Å². The molecule has 2 aliphatic rings.